The summed E-state index contributed by atoms with van der Waals surface area (Å²) in [4.78, 5) is 18.1. The minimum Gasteiger partial charge on any atom is -0.461 e. The van der Waals surface area contributed by atoms with Gasteiger partial charge in [-0.1, -0.05) is 30.3 Å². The second-order valence-electron chi connectivity index (χ2n) is 8.33. The lowest BCUT2D eigenvalue weighted by Gasteiger charge is -2.43. The Labute approximate surface area is 151 Å². The number of hydrogen-bond acceptors (Lipinski definition) is 4. The van der Waals surface area contributed by atoms with Crippen molar-refractivity contribution in [3.63, 3.8) is 0 Å². The molecule has 4 rings (SSSR count). The molecule has 1 aliphatic carbocycles. The highest BCUT2D eigenvalue weighted by atomic mass is 16.5. The number of ether oxygens (including phenoxy) is 1. The van der Waals surface area contributed by atoms with Crippen molar-refractivity contribution in [3.8, 4) is 0 Å². The van der Waals surface area contributed by atoms with Gasteiger partial charge in [0.05, 0.1) is 0 Å². The van der Waals surface area contributed by atoms with Crippen molar-refractivity contribution in [1.82, 2.24) is 9.80 Å². The van der Waals surface area contributed by atoms with Crippen LogP contribution in [0.25, 0.3) is 0 Å². The van der Waals surface area contributed by atoms with Crippen LogP contribution in [0, 0.1) is 5.92 Å². The topological polar surface area (TPSA) is 32.8 Å². The lowest BCUT2D eigenvalue weighted by Crippen LogP contribution is -2.54. The minimum absolute atomic E-state index is 0.0548. The van der Waals surface area contributed by atoms with E-state index in [-0.39, 0.29) is 12.1 Å². The molecule has 0 aromatic heterocycles. The Kier molecular flexibility index (Phi) is 4.59. The number of carbonyl (C=O) groups excluding carboxylic acids is 1. The third-order valence-corrected chi connectivity index (χ3v) is 6.66. The van der Waals surface area contributed by atoms with Gasteiger partial charge in [-0.15, -0.1) is 0 Å². The van der Waals surface area contributed by atoms with E-state index in [1.807, 2.05) is 18.2 Å². The zero-order valence-corrected chi connectivity index (χ0v) is 15.5. The number of fused-ring (bicyclic) bond motifs is 2. The summed E-state index contributed by atoms with van der Waals surface area (Å²) in [5.41, 5.74) is 0.408. The summed E-state index contributed by atoms with van der Waals surface area (Å²) in [7, 11) is 2.13. The van der Waals surface area contributed by atoms with E-state index >= 15 is 0 Å². The Morgan fingerprint density at radius 2 is 1.84 bits per heavy atom. The summed E-state index contributed by atoms with van der Waals surface area (Å²) in [6.45, 7) is 5.13. The van der Waals surface area contributed by atoms with E-state index in [0.717, 1.165) is 44.0 Å². The molecule has 3 aliphatic rings. The van der Waals surface area contributed by atoms with Gasteiger partial charge in [0.2, 0.25) is 0 Å². The molecule has 3 fully saturated rings. The highest BCUT2D eigenvalue weighted by Gasteiger charge is 2.52. The highest BCUT2D eigenvalue weighted by molar-refractivity contribution is 5.82. The maximum atomic E-state index is 13.4. The number of esters is 1. The quantitative estimate of drug-likeness (QED) is 0.788. The van der Waals surface area contributed by atoms with Gasteiger partial charge in [-0.05, 0) is 57.6 Å². The standard InChI is InChI=1S/C21H30N2O2/c1-21(17-6-4-3-5-7-17,23-15-16-8-9-18(23)14-16)20(24)25-19-10-12-22(2)13-11-19/h3-7,16,18-19H,8-15H2,1-2H3/t16-,18+,21?/m0/s1. The van der Waals surface area contributed by atoms with Gasteiger partial charge in [0.1, 0.15) is 11.6 Å². The Morgan fingerprint density at radius 3 is 2.44 bits per heavy atom. The van der Waals surface area contributed by atoms with Gasteiger partial charge in [-0.25, -0.2) is 4.79 Å². The maximum absolute atomic E-state index is 13.4. The molecule has 1 saturated carbocycles. The monoisotopic (exact) mass is 342 g/mol. The molecule has 3 atom stereocenters. The average Bonchev–Trinajstić information content (AvgIpc) is 3.27. The SMILES string of the molecule is CN1CCC(OC(=O)C(C)(c2ccccc2)N2C[C@H]3CC[C@@H]2C3)CC1. The van der Waals surface area contributed by atoms with Crippen LogP contribution in [0.15, 0.2) is 30.3 Å². The number of carbonyl (C=O) groups is 1. The number of likely N-dealkylation sites (tertiary alicyclic amines) is 2. The normalized spacial score (nSPS) is 30.3. The van der Waals surface area contributed by atoms with Gasteiger partial charge in [-0.2, -0.15) is 0 Å². The predicted octanol–water partition coefficient (Wildman–Crippen LogP) is 3.02. The smallest absolute Gasteiger partial charge is 0.331 e. The molecule has 2 heterocycles. The molecule has 1 aromatic rings. The van der Waals surface area contributed by atoms with E-state index in [2.05, 4.69) is 35.9 Å². The highest BCUT2D eigenvalue weighted by Crippen LogP contribution is 2.45. The van der Waals surface area contributed by atoms with Crippen LogP contribution in [0.5, 0.6) is 0 Å². The summed E-state index contributed by atoms with van der Waals surface area (Å²) in [6, 6.07) is 10.8. The molecule has 2 bridgehead atoms. The molecule has 0 amide bonds. The summed E-state index contributed by atoms with van der Waals surface area (Å²) >= 11 is 0. The van der Waals surface area contributed by atoms with Crippen LogP contribution >= 0.6 is 0 Å². The van der Waals surface area contributed by atoms with Crippen LogP contribution in [-0.2, 0) is 15.1 Å². The lowest BCUT2D eigenvalue weighted by molar-refractivity contribution is -0.167. The maximum Gasteiger partial charge on any atom is 0.331 e. The van der Waals surface area contributed by atoms with Crippen molar-refractivity contribution in [3.05, 3.63) is 35.9 Å². The van der Waals surface area contributed by atoms with Crippen molar-refractivity contribution in [2.75, 3.05) is 26.7 Å². The molecule has 4 heteroatoms. The summed E-state index contributed by atoms with van der Waals surface area (Å²) < 4.78 is 6.07. The molecule has 25 heavy (non-hydrogen) atoms. The van der Waals surface area contributed by atoms with Crippen molar-refractivity contribution >= 4 is 5.97 Å². The van der Waals surface area contributed by atoms with Gasteiger partial charge in [-0.3, -0.25) is 4.90 Å². The van der Waals surface area contributed by atoms with Crippen molar-refractivity contribution in [1.29, 1.82) is 0 Å². The molecule has 2 saturated heterocycles. The van der Waals surface area contributed by atoms with Crippen LogP contribution in [0.1, 0.15) is 44.6 Å². The second kappa shape index (κ2) is 6.73. The lowest BCUT2D eigenvalue weighted by atomic mass is 9.88. The molecule has 4 nitrogen and oxygen atoms in total. The fourth-order valence-electron chi connectivity index (χ4n) is 5.00. The van der Waals surface area contributed by atoms with Gasteiger partial charge >= 0.3 is 5.97 Å². The minimum atomic E-state index is -0.662. The Hall–Kier alpha value is -1.39. The van der Waals surface area contributed by atoms with Gasteiger partial charge in [0.25, 0.3) is 0 Å². The third-order valence-electron chi connectivity index (χ3n) is 6.66. The fourth-order valence-corrected chi connectivity index (χ4v) is 5.00. The predicted molar refractivity (Wildman–Crippen MR) is 98.2 cm³/mol. The molecule has 1 aromatic carbocycles. The first-order valence-electron chi connectivity index (χ1n) is 9.79. The number of hydrogen-bond donors (Lipinski definition) is 0. The largest absolute Gasteiger partial charge is 0.461 e. The molecule has 0 radical (unpaired) electrons. The van der Waals surface area contributed by atoms with Crippen LogP contribution < -0.4 is 0 Å². The first kappa shape index (κ1) is 17.0. The van der Waals surface area contributed by atoms with E-state index in [9.17, 15) is 4.79 Å². The number of rotatable bonds is 4. The summed E-state index contributed by atoms with van der Waals surface area (Å²) in [5, 5.41) is 0. The Balaban J connectivity index is 1.58. The zero-order chi connectivity index (χ0) is 17.4. The number of benzene rings is 1. The molecule has 1 unspecified atom stereocenters. The van der Waals surface area contributed by atoms with Crippen LogP contribution in [0.3, 0.4) is 0 Å². The van der Waals surface area contributed by atoms with Crippen molar-refractivity contribution < 1.29 is 9.53 Å². The van der Waals surface area contributed by atoms with Crippen LogP contribution in [0.4, 0.5) is 0 Å². The average molecular weight is 342 g/mol. The molecule has 0 spiro atoms. The summed E-state index contributed by atoms with van der Waals surface area (Å²) in [6.07, 6.45) is 5.72. The van der Waals surface area contributed by atoms with E-state index in [4.69, 9.17) is 4.74 Å². The first-order chi connectivity index (χ1) is 12.1. The fraction of sp³-hybridized carbons (Fsp3) is 0.667. The number of piperidine rings is 2. The van der Waals surface area contributed by atoms with E-state index < -0.39 is 5.54 Å². The van der Waals surface area contributed by atoms with E-state index in [0.29, 0.717) is 6.04 Å². The third kappa shape index (κ3) is 3.11. The van der Waals surface area contributed by atoms with E-state index in [1.165, 1.54) is 19.3 Å². The first-order valence-corrected chi connectivity index (χ1v) is 9.79. The Morgan fingerprint density at radius 1 is 1.12 bits per heavy atom. The Bertz CT molecular complexity index is 612. The van der Waals surface area contributed by atoms with Gasteiger partial charge in [0.15, 0.2) is 0 Å². The molecular formula is C21H30N2O2. The van der Waals surface area contributed by atoms with Crippen molar-refractivity contribution in [2.45, 2.75) is 56.7 Å². The van der Waals surface area contributed by atoms with E-state index in [1.54, 1.807) is 0 Å². The van der Waals surface area contributed by atoms with Crippen LogP contribution in [-0.4, -0.2) is 54.6 Å². The number of nitrogens with zero attached hydrogens (tertiary/aromatic N) is 2. The van der Waals surface area contributed by atoms with Crippen LogP contribution in [0.2, 0.25) is 0 Å². The van der Waals surface area contributed by atoms with Gasteiger partial charge in [0, 0.05) is 25.7 Å². The second-order valence-corrected chi connectivity index (χ2v) is 8.33. The van der Waals surface area contributed by atoms with Crippen molar-refractivity contribution in [2.24, 2.45) is 5.92 Å². The molecule has 2 aliphatic heterocycles. The molecule has 136 valence electrons. The zero-order valence-electron chi connectivity index (χ0n) is 15.5. The molecule has 0 N–H and O–H groups in total. The van der Waals surface area contributed by atoms with Gasteiger partial charge < -0.3 is 9.64 Å². The molecular weight excluding hydrogens is 312 g/mol. The summed E-state index contributed by atoms with van der Waals surface area (Å²) in [5.74, 6) is 0.699.